The SMILES string of the molecule is O=C(O)CSCC(=O)N1CCOc2ccc(Br)cc2C1. The Hall–Kier alpha value is -1.21. The smallest absolute Gasteiger partial charge is 0.313 e. The number of benzene rings is 1. The lowest BCUT2D eigenvalue weighted by atomic mass is 10.2. The van der Waals surface area contributed by atoms with Gasteiger partial charge in [-0.1, -0.05) is 15.9 Å². The molecule has 5 nitrogen and oxygen atoms in total. The Bertz CT molecular complexity index is 523. The quantitative estimate of drug-likeness (QED) is 0.890. The third-order valence-electron chi connectivity index (χ3n) is 2.81. The number of halogens is 1. The first kappa shape index (κ1) is 15.2. The third kappa shape index (κ3) is 4.14. The maximum absolute atomic E-state index is 12.1. The number of amides is 1. The van der Waals surface area contributed by atoms with Crippen LogP contribution in [0.1, 0.15) is 5.56 Å². The highest BCUT2D eigenvalue weighted by Crippen LogP contribution is 2.26. The van der Waals surface area contributed by atoms with Crippen molar-refractivity contribution in [2.24, 2.45) is 0 Å². The molecule has 0 fully saturated rings. The van der Waals surface area contributed by atoms with Crippen LogP contribution in [0.15, 0.2) is 22.7 Å². The fourth-order valence-corrected chi connectivity index (χ4v) is 2.94. The Balaban J connectivity index is 1.99. The Kier molecular flexibility index (Phi) is 5.31. The minimum Gasteiger partial charge on any atom is -0.491 e. The highest BCUT2D eigenvalue weighted by atomic mass is 79.9. The van der Waals surface area contributed by atoms with Crippen molar-refractivity contribution in [2.45, 2.75) is 6.54 Å². The summed E-state index contributed by atoms with van der Waals surface area (Å²) < 4.78 is 6.55. The summed E-state index contributed by atoms with van der Waals surface area (Å²) in [5.41, 5.74) is 0.952. The number of carbonyl (C=O) groups excluding carboxylic acids is 1. The second kappa shape index (κ2) is 6.99. The first-order chi connectivity index (χ1) is 9.56. The van der Waals surface area contributed by atoms with Crippen LogP contribution in [-0.4, -0.2) is 46.5 Å². The van der Waals surface area contributed by atoms with E-state index in [1.807, 2.05) is 18.2 Å². The van der Waals surface area contributed by atoms with Crippen molar-refractivity contribution in [1.82, 2.24) is 4.90 Å². The Labute approximate surface area is 129 Å². The van der Waals surface area contributed by atoms with E-state index in [2.05, 4.69) is 15.9 Å². The van der Waals surface area contributed by atoms with Crippen molar-refractivity contribution in [1.29, 1.82) is 0 Å². The number of hydrogen-bond acceptors (Lipinski definition) is 4. The first-order valence-electron chi connectivity index (χ1n) is 6.05. The molecule has 0 spiro atoms. The van der Waals surface area contributed by atoms with Gasteiger partial charge in [0, 0.05) is 16.6 Å². The van der Waals surface area contributed by atoms with E-state index >= 15 is 0 Å². The van der Waals surface area contributed by atoms with Crippen LogP contribution in [0.4, 0.5) is 0 Å². The Morgan fingerprint density at radius 1 is 1.40 bits per heavy atom. The standard InChI is InChI=1S/C13H14BrNO4S/c14-10-1-2-11-9(5-10)6-15(3-4-19-11)12(16)7-20-8-13(17)18/h1-2,5H,3-4,6-8H2,(H,17,18). The van der Waals surface area contributed by atoms with Crippen LogP contribution in [0.25, 0.3) is 0 Å². The predicted octanol–water partition coefficient (Wildman–Crippen LogP) is 1.99. The van der Waals surface area contributed by atoms with E-state index in [9.17, 15) is 9.59 Å². The molecule has 0 aromatic heterocycles. The molecule has 0 bridgehead atoms. The molecule has 0 atom stereocenters. The zero-order valence-electron chi connectivity index (χ0n) is 10.7. The van der Waals surface area contributed by atoms with Crippen LogP contribution in [0.3, 0.4) is 0 Å². The maximum Gasteiger partial charge on any atom is 0.313 e. The third-order valence-corrected chi connectivity index (χ3v) is 4.20. The summed E-state index contributed by atoms with van der Waals surface area (Å²) in [6.07, 6.45) is 0. The number of fused-ring (bicyclic) bond motifs is 1. The van der Waals surface area contributed by atoms with Gasteiger partial charge < -0.3 is 14.7 Å². The number of aliphatic carboxylic acids is 1. The number of nitrogens with zero attached hydrogens (tertiary/aromatic N) is 1. The van der Waals surface area contributed by atoms with Crippen molar-refractivity contribution in [3.05, 3.63) is 28.2 Å². The second-order valence-corrected chi connectivity index (χ2v) is 6.20. The topological polar surface area (TPSA) is 66.8 Å². The molecule has 20 heavy (non-hydrogen) atoms. The molecule has 108 valence electrons. The van der Waals surface area contributed by atoms with Crippen LogP contribution < -0.4 is 4.74 Å². The molecule has 1 aliphatic rings. The number of hydrogen-bond donors (Lipinski definition) is 1. The molecule has 0 aliphatic carbocycles. The lowest BCUT2D eigenvalue weighted by Crippen LogP contribution is -2.34. The number of carboxylic acids is 1. The molecule has 1 amide bonds. The molecule has 1 aromatic carbocycles. The number of carbonyl (C=O) groups is 2. The van der Waals surface area contributed by atoms with E-state index in [4.69, 9.17) is 9.84 Å². The van der Waals surface area contributed by atoms with Gasteiger partial charge in [0.05, 0.1) is 18.1 Å². The molecule has 0 unspecified atom stereocenters. The second-order valence-electron chi connectivity index (χ2n) is 4.30. The van der Waals surface area contributed by atoms with Crippen LogP contribution in [0.5, 0.6) is 5.75 Å². The highest BCUT2D eigenvalue weighted by molar-refractivity contribution is 9.10. The van der Waals surface area contributed by atoms with E-state index < -0.39 is 5.97 Å². The van der Waals surface area contributed by atoms with E-state index in [1.54, 1.807) is 4.90 Å². The van der Waals surface area contributed by atoms with Crippen LogP contribution >= 0.6 is 27.7 Å². The molecule has 0 saturated heterocycles. The highest BCUT2D eigenvalue weighted by Gasteiger charge is 2.20. The molecule has 1 heterocycles. The van der Waals surface area contributed by atoms with Gasteiger partial charge in [-0.05, 0) is 18.2 Å². The summed E-state index contributed by atoms with van der Waals surface area (Å²) in [6.45, 7) is 1.45. The summed E-state index contributed by atoms with van der Waals surface area (Å²) >= 11 is 4.52. The average Bonchev–Trinajstić information content (AvgIpc) is 2.59. The van der Waals surface area contributed by atoms with Crippen molar-refractivity contribution >= 4 is 39.6 Å². The minimum absolute atomic E-state index is 0.0573. The van der Waals surface area contributed by atoms with Gasteiger partial charge in [-0.3, -0.25) is 9.59 Å². The zero-order chi connectivity index (χ0) is 14.5. The molecule has 2 rings (SSSR count). The fourth-order valence-electron chi connectivity index (χ4n) is 1.89. The number of thioether (sulfide) groups is 1. The van der Waals surface area contributed by atoms with Crippen molar-refractivity contribution in [3.63, 3.8) is 0 Å². The van der Waals surface area contributed by atoms with Gasteiger partial charge in [-0.15, -0.1) is 11.8 Å². The lowest BCUT2D eigenvalue weighted by molar-refractivity contribution is -0.133. The average molecular weight is 360 g/mol. The van der Waals surface area contributed by atoms with Gasteiger partial charge in [-0.25, -0.2) is 0 Å². The molecular weight excluding hydrogens is 346 g/mol. The number of rotatable bonds is 4. The van der Waals surface area contributed by atoms with Crippen LogP contribution in [-0.2, 0) is 16.1 Å². The normalized spacial score (nSPS) is 14.2. The van der Waals surface area contributed by atoms with E-state index in [0.29, 0.717) is 19.7 Å². The minimum atomic E-state index is -0.906. The van der Waals surface area contributed by atoms with E-state index in [0.717, 1.165) is 27.5 Å². The fraction of sp³-hybridized carbons (Fsp3) is 0.385. The first-order valence-corrected chi connectivity index (χ1v) is 7.99. The molecule has 0 saturated carbocycles. The maximum atomic E-state index is 12.1. The number of carboxylic acid groups (broad SMARTS) is 1. The van der Waals surface area contributed by atoms with E-state index in [-0.39, 0.29) is 17.4 Å². The van der Waals surface area contributed by atoms with Crippen molar-refractivity contribution in [2.75, 3.05) is 24.7 Å². The zero-order valence-corrected chi connectivity index (χ0v) is 13.1. The van der Waals surface area contributed by atoms with Gasteiger partial charge >= 0.3 is 5.97 Å². The van der Waals surface area contributed by atoms with Gasteiger partial charge in [0.15, 0.2) is 0 Å². The molecule has 7 heteroatoms. The summed E-state index contributed by atoms with van der Waals surface area (Å²) in [5, 5.41) is 8.57. The number of ether oxygens (including phenoxy) is 1. The van der Waals surface area contributed by atoms with Crippen molar-refractivity contribution < 1.29 is 19.4 Å². The summed E-state index contributed by atoms with van der Waals surface area (Å²) in [4.78, 5) is 24.2. The summed E-state index contributed by atoms with van der Waals surface area (Å²) in [5.74, 6) is -0.0564. The van der Waals surface area contributed by atoms with Crippen LogP contribution in [0.2, 0.25) is 0 Å². The monoisotopic (exact) mass is 359 g/mol. The predicted molar refractivity (Wildman–Crippen MR) is 80.0 cm³/mol. The van der Waals surface area contributed by atoms with Gasteiger partial charge in [0.25, 0.3) is 0 Å². The van der Waals surface area contributed by atoms with Crippen molar-refractivity contribution in [3.8, 4) is 5.75 Å². The van der Waals surface area contributed by atoms with Gasteiger partial charge in [-0.2, -0.15) is 0 Å². The molecule has 1 aromatic rings. The molecule has 1 aliphatic heterocycles. The largest absolute Gasteiger partial charge is 0.491 e. The summed E-state index contributed by atoms with van der Waals surface area (Å²) in [7, 11) is 0. The summed E-state index contributed by atoms with van der Waals surface area (Å²) in [6, 6.07) is 5.72. The Morgan fingerprint density at radius 3 is 2.95 bits per heavy atom. The molecular formula is C13H14BrNO4S. The molecule has 0 radical (unpaired) electrons. The van der Waals surface area contributed by atoms with Crippen LogP contribution in [0, 0.1) is 0 Å². The van der Waals surface area contributed by atoms with Gasteiger partial charge in [0.2, 0.25) is 5.91 Å². The molecule has 1 N–H and O–H groups in total. The lowest BCUT2D eigenvalue weighted by Gasteiger charge is -2.19. The Morgan fingerprint density at radius 2 is 2.20 bits per heavy atom. The van der Waals surface area contributed by atoms with Gasteiger partial charge in [0.1, 0.15) is 12.4 Å². The van der Waals surface area contributed by atoms with E-state index in [1.165, 1.54) is 0 Å².